The first-order valence-electron chi connectivity index (χ1n) is 13.1. The Morgan fingerprint density at radius 2 is 0.607 bits per heavy atom. The molecular weight excluding hydrogens is 342 g/mol. The minimum Gasteiger partial charge on any atom is -0.412 e. The Morgan fingerprint density at radius 3 is 0.857 bits per heavy atom. The molecule has 0 saturated carbocycles. The van der Waals surface area contributed by atoms with Crippen molar-refractivity contribution in [3.05, 3.63) is 0 Å². The summed E-state index contributed by atoms with van der Waals surface area (Å²) in [7, 11) is 0. The maximum absolute atomic E-state index is 6.30. The lowest BCUT2D eigenvalue weighted by Crippen LogP contribution is -2.19. The molecule has 0 radical (unpaired) electrons. The summed E-state index contributed by atoms with van der Waals surface area (Å²) in [6.45, 7) is 4.59. The lowest BCUT2D eigenvalue weighted by molar-refractivity contribution is 0.478. The van der Waals surface area contributed by atoms with Gasteiger partial charge in [-0.1, -0.05) is 149 Å². The van der Waals surface area contributed by atoms with E-state index in [1.165, 1.54) is 148 Å². The maximum atomic E-state index is 6.30. The van der Waals surface area contributed by atoms with Crippen molar-refractivity contribution in [1.82, 2.24) is 0 Å². The molecule has 0 aromatic carbocycles. The molecule has 0 aliphatic heterocycles. The van der Waals surface area contributed by atoms with Crippen molar-refractivity contribution in [2.75, 3.05) is 0 Å². The largest absolute Gasteiger partial charge is 0.412 e. The van der Waals surface area contributed by atoms with Gasteiger partial charge in [-0.2, -0.15) is 0 Å². The molecule has 1 atom stereocenters. The van der Waals surface area contributed by atoms with E-state index in [2.05, 4.69) is 13.8 Å². The first-order chi connectivity index (χ1) is 13.3. The highest BCUT2D eigenvalue weighted by molar-refractivity contribution is 4.62. The van der Waals surface area contributed by atoms with Gasteiger partial charge in [-0.3, -0.25) is 0 Å². The second-order valence-corrected chi connectivity index (χ2v) is 9.05. The van der Waals surface area contributed by atoms with Crippen molar-refractivity contribution in [3.63, 3.8) is 0 Å². The zero-order valence-electron chi connectivity index (χ0n) is 19.9. The monoisotopic (exact) mass is 399 g/mol. The van der Waals surface area contributed by atoms with Gasteiger partial charge in [0.25, 0.3) is 0 Å². The first kappa shape index (κ1) is 30.1. The molecule has 0 amide bonds. The number of hydrogen-bond donors (Lipinski definition) is 1. The summed E-state index contributed by atoms with van der Waals surface area (Å²) in [6.07, 6.45) is 32.5. The fourth-order valence-corrected chi connectivity index (χ4v) is 4.11. The van der Waals surface area contributed by atoms with E-state index in [1.807, 2.05) is 0 Å². The molecule has 0 spiro atoms. The summed E-state index contributed by atoms with van der Waals surface area (Å²) in [5.41, 5.74) is 6.30. The second kappa shape index (κ2) is 26.9. The average molecular weight is 400 g/mol. The molecule has 4 N–H and O–H groups in total. The second-order valence-electron chi connectivity index (χ2n) is 9.05. The molecule has 0 aliphatic rings. The van der Waals surface area contributed by atoms with Gasteiger partial charge in [0.2, 0.25) is 0 Å². The molecule has 0 bridgehead atoms. The summed E-state index contributed by atoms with van der Waals surface area (Å²) >= 11 is 0. The van der Waals surface area contributed by atoms with Gasteiger partial charge >= 0.3 is 0 Å². The van der Waals surface area contributed by atoms with Gasteiger partial charge in [0.15, 0.2) is 0 Å². The molecule has 0 fully saturated rings. The predicted octanol–water partition coefficient (Wildman–Crippen LogP) is 8.50. The van der Waals surface area contributed by atoms with Crippen LogP contribution in [0.1, 0.15) is 162 Å². The van der Waals surface area contributed by atoms with Crippen LogP contribution in [-0.2, 0) is 0 Å². The molecule has 0 aromatic rings. The maximum Gasteiger partial charge on any atom is 0.00388 e. The molecule has 0 aromatic heterocycles. The molecular formula is C26H57NO. The Kier molecular flexibility index (Phi) is 29.0. The third-order valence-electron chi connectivity index (χ3n) is 6.11. The fraction of sp³-hybridized carbons (Fsp3) is 1.00. The van der Waals surface area contributed by atoms with Crippen molar-refractivity contribution in [2.24, 2.45) is 5.73 Å². The van der Waals surface area contributed by atoms with Crippen LogP contribution in [0.4, 0.5) is 0 Å². The SMILES string of the molecule is CCCCCCCCCCCCCC(N)CCCCCCCCCCCC.O. The van der Waals surface area contributed by atoms with Crippen LogP contribution in [0, 0.1) is 0 Å². The normalized spacial score (nSPS) is 12.1. The van der Waals surface area contributed by atoms with Crippen molar-refractivity contribution < 1.29 is 5.48 Å². The average Bonchev–Trinajstić information content (AvgIpc) is 2.67. The molecule has 1 unspecified atom stereocenters. The quantitative estimate of drug-likeness (QED) is 0.172. The van der Waals surface area contributed by atoms with Crippen molar-refractivity contribution in [2.45, 2.75) is 168 Å². The van der Waals surface area contributed by atoms with Crippen LogP contribution in [0.5, 0.6) is 0 Å². The summed E-state index contributed by atoms with van der Waals surface area (Å²) in [5.74, 6) is 0. The molecule has 0 rings (SSSR count). The van der Waals surface area contributed by atoms with Crippen molar-refractivity contribution in [3.8, 4) is 0 Å². The van der Waals surface area contributed by atoms with Crippen LogP contribution < -0.4 is 5.73 Å². The topological polar surface area (TPSA) is 57.5 Å². The lowest BCUT2D eigenvalue weighted by atomic mass is 10.00. The standard InChI is InChI=1S/C26H55N.H2O/c1-3-5-7-9-11-13-15-17-19-21-23-25-26(27)24-22-20-18-16-14-12-10-8-6-4-2;/h26H,3-25,27H2,1-2H3;1H2. The third kappa shape index (κ3) is 25.9. The van der Waals surface area contributed by atoms with Gasteiger partial charge in [0.1, 0.15) is 0 Å². The van der Waals surface area contributed by atoms with Gasteiger partial charge in [0.05, 0.1) is 0 Å². The van der Waals surface area contributed by atoms with Gasteiger partial charge in [-0.25, -0.2) is 0 Å². The third-order valence-corrected chi connectivity index (χ3v) is 6.11. The van der Waals surface area contributed by atoms with Crippen LogP contribution in [0.15, 0.2) is 0 Å². The van der Waals surface area contributed by atoms with Gasteiger partial charge in [0, 0.05) is 6.04 Å². The zero-order valence-corrected chi connectivity index (χ0v) is 19.9. The van der Waals surface area contributed by atoms with E-state index in [0.29, 0.717) is 6.04 Å². The van der Waals surface area contributed by atoms with Crippen LogP contribution in [0.25, 0.3) is 0 Å². The number of nitrogens with two attached hydrogens (primary N) is 1. The van der Waals surface area contributed by atoms with E-state index in [1.54, 1.807) is 0 Å². The zero-order chi connectivity index (χ0) is 19.8. The summed E-state index contributed by atoms with van der Waals surface area (Å²) < 4.78 is 0. The van der Waals surface area contributed by atoms with Crippen molar-refractivity contribution >= 4 is 0 Å². The van der Waals surface area contributed by atoms with E-state index in [-0.39, 0.29) is 5.48 Å². The Hall–Kier alpha value is -0.0800. The van der Waals surface area contributed by atoms with Gasteiger partial charge in [-0.05, 0) is 12.8 Å². The highest BCUT2D eigenvalue weighted by Crippen LogP contribution is 2.15. The fourth-order valence-electron chi connectivity index (χ4n) is 4.11. The molecule has 0 aliphatic carbocycles. The lowest BCUT2D eigenvalue weighted by Gasteiger charge is -2.11. The van der Waals surface area contributed by atoms with Gasteiger partial charge in [-0.15, -0.1) is 0 Å². The van der Waals surface area contributed by atoms with Crippen LogP contribution in [0.2, 0.25) is 0 Å². The molecule has 0 saturated heterocycles. The molecule has 0 heterocycles. The minimum atomic E-state index is 0. The molecule has 172 valence electrons. The molecule has 2 nitrogen and oxygen atoms in total. The van der Waals surface area contributed by atoms with Gasteiger partial charge < -0.3 is 11.2 Å². The summed E-state index contributed by atoms with van der Waals surface area (Å²) in [6, 6.07) is 0.470. The Labute approximate surface area is 179 Å². The molecule has 28 heavy (non-hydrogen) atoms. The Bertz CT molecular complexity index is 257. The summed E-state index contributed by atoms with van der Waals surface area (Å²) in [5, 5.41) is 0. The highest BCUT2D eigenvalue weighted by atomic mass is 16.0. The van der Waals surface area contributed by atoms with E-state index in [4.69, 9.17) is 5.73 Å². The van der Waals surface area contributed by atoms with E-state index in [9.17, 15) is 0 Å². The van der Waals surface area contributed by atoms with Crippen LogP contribution in [-0.4, -0.2) is 11.5 Å². The highest BCUT2D eigenvalue weighted by Gasteiger charge is 2.02. The minimum absolute atomic E-state index is 0. The Balaban J connectivity index is 0. The first-order valence-corrected chi connectivity index (χ1v) is 13.1. The predicted molar refractivity (Wildman–Crippen MR) is 129 cm³/mol. The van der Waals surface area contributed by atoms with Crippen LogP contribution in [0.3, 0.4) is 0 Å². The summed E-state index contributed by atoms with van der Waals surface area (Å²) in [4.78, 5) is 0. The number of hydrogen-bond acceptors (Lipinski definition) is 1. The van der Waals surface area contributed by atoms with Crippen molar-refractivity contribution in [1.29, 1.82) is 0 Å². The smallest absolute Gasteiger partial charge is 0.00388 e. The van der Waals surface area contributed by atoms with E-state index >= 15 is 0 Å². The number of unbranched alkanes of at least 4 members (excludes halogenated alkanes) is 19. The Morgan fingerprint density at radius 1 is 0.393 bits per heavy atom. The number of rotatable bonds is 23. The van der Waals surface area contributed by atoms with E-state index in [0.717, 1.165) is 0 Å². The van der Waals surface area contributed by atoms with E-state index < -0.39 is 0 Å². The van der Waals surface area contributed by atoms with Crippen LogP contribution >= 0.6 is 0 Å². The molecule has 2 heteroatoms.